The summed E-state index contributed by atoms with van der Waals surface area (Å²) in [4.78, 5) is 15.0. The normalized spacial score (nSPS) is 9.55. The van der Waals surface area contributed by atoms with Crippen LogP contribution in [0.25, 0.3) is 0 Å². The Kier molecular flexibility index (Phi) is 2.02. The molecular formula is C4H6N4O3. The number of rotatable bonds is 2. The van der Waals surface area contributed by atoms with Gasteiger partial charge in [-0.1, -0.05) is 0 Å². The van der Waals surface area contributed by atoms with E-state index in [-0.39, 0.29) is 6.61 Å². The number of aromatic nitrogens is 3. The van der Waals surface area contributed by atoms with Gasteiger partial charge in [-0.05, 0) is 0 Å². The van der Waals surface area contributed by atoms with Crippen molar-refractivity contribution in [2.45, 2.75) is 6.61 Å². The maximum Gasteiger partial charge on any atom is 0.432 e. The number of nitrogens with two attached hydrogens (primary N) is 1. The number of aliphatic hydroxyl groups excluding tert-OH is 1. The van der Waals surface area contributed by atoms with E-state index < -0.39 is 6.09 Å². The number of aliphatic hydroxyl groups is 1. The highest BCUT2D eigenvalue weighted by Crippen LogP contribution is 1.87. The van der Waals surface area contributed by atoms with Crippen molar-refractivity contribution >= 4 is 6.09 Å². The van der Waals surface area contributed by atoms with Crippen LogP contribution in [0.1, 0.15) is 5.69 Å². The van der Waals surface area contributed by atoms with Gasteiger partial charge in [-0.25, -0.2) is 4.79 Å². The van der Waals surface area contributed by atoms with Crippen LogP contribution in [-0.4, -0.2) is 26.4 Å². The van der Waals surface area contributed by atoms with Gasteiger partial charge in [-0.3, -0.25) is 4.84 Å². The molecule has 7 nitrogen and oxygen atoms in total. The molecule has 0 unspecified atom stereocenters. The van der Waals surface area contributed by atoms with Crippen molar-refractivity contribution in [1.29, 1.82) is 0 Å². The summed E-state index contributed by atoms with van der Waals surface area (Å²) < 4.78 is 0. The molecule has 1 amide bonds. The lowest BCUT2D eigenvalue weighted by Gasteiger charge is -1.93. The van der Waals surface area contributed by atoms with E-state index >= 15 is 0 Å². The molecule has 7 heteroatoms. The zero-order valence-corrected chi connectivity index (χ0v) is 5.47. The summed E-state index contributed by atoms with van der Waals surface area (Å²) in [5.74, 6) is 0. The third kappa shape index (κ3) is 1.90. The largest absolute Gasteiger partial charge is 0.432 e. The molecule has 0 atom stereocenters. The summed E-state index contributed by atoms with van der Waals surface area (Å²) in [6.07, 6.45) is 0.244. The van der Waals surface area contributed by atoms with E-state index in [0.717, 1.165) is 0 Å². The van der Waals surface area contributed by atoms with Gasteiger partial charge in [0, 0.05) is 4.96 Å². The molecule has 1 aromatic heterocycles. The summed E-state index contributed by atoms with van der Waals surface area (Å²) in [6, 6.07) is 0. The third-order valence-corrected chi connectivity index (χ3v) is 0.853. The molecule has 0 aliphatic carbocycles. The van der Waals surface area contributed by atoms with E-state index in [0.29, 0.717) is 10.7 Å². The summed E-state index contributed by atoms with van der Waals surface area (Å²) in [7, 11) is 0. The van der Waals surface area contributed by atoms with Crippen LogP contribution in [0.2, 0.25) is 0 Å². The number of carbonyl (C=O) groups excluding carboxylic acids is 1. The van der Waals surface area contributed by atoms with Crippen LogP contribution < -0.4 is 10.6 Å². The second kappa shape index (κ2) is 2.97. The minimum absolute atomic E-state index is 0.262. The summed E-state index contributed by atoms with van der Waals surface area (Å²) in [6.45, 7) is -0.262. The van der Waals surface area contributed by atoms with Gasteiger partial charge in [-0.2, -0.15) is 0 Å². The number of amides is 1. The summed E-state index contributed by atoms with van der Waals surface area (Å²) >= 11 is 0. The molecule has 1 rings (SSSR count). The highest BCUT2D eigenvalue weighted by atomic mass is 16.7. The first-order valence-electron chi connectivity index (χ1n) is 2.72. The van der Waals surface area contributed by atoms with Crippen molar-refractivity contribution in [3.63, 3.8) is 0 Å². The van der Waals surface area contributed by atoms with Crippen LogP contribution in [0.5, 0.6) is 0 Å². The maximum atomic E-state index is 10.1. The Hall–Kier alpha value is -1.63. The predicted octanol–water partition coefficient (Wildman–Crippen LogP) is -1.72. The number of primary amides is 1. The lowest BCUT2D eigenvalue weighted by molar-refractivity contribution is 0.102. The maximum absolute atomic E-state index is 10.1. The van der Waals surface area contributed by atoms with Crippen molar-refractivity contribution in [3.8, 4) is 0 Å². The predicted molar refractivity (Wildman–Crippen MR) is 32.1 cm³/mol. The molecule has 1 aromatic rings. The Morgan fingerprint density at radius 1 is 1.91 bits per heavy atom. The van der Waals surface area contributed by atoms with Crippen molar-refractivity contribution in [1.82, 2.24) is 15.2 Å². The lowest BCUT2D eigenvalue weighted by atomic mass is 10.5. The first-order valence-corrected chi connectivity index (χ1v) is 2.72. The van der Waals surface area contributed by atoms with E-state index in [1.807, 2.05) is 0 Å². The number of hydrogen-bond donors (Lipinski definition) is 2. The van der Waals surface area contributed by atoms with Gasteiger partial charge in [0.15, 0.2) is 0 Å². The zero-order chi connectivity index (χ0) is 8.27. The molecule has 60 valence electrons. The molecule has 3 N–H and O–H groups in total. The molecule has 11 heavy (non-hydrogen) atoms. The van der Waals surface area contributed by atoms with Gasteiger partial charge in [0.1, 0.15) is 5.69 Å². The number of nitrogens with zero attached hydrogens (tertiary/aromatic N) is 3. The van der Waals surface area contributed by atoms with Gasteiger partial charge >= 0.3 is 6.09 Å². The molecular weight excluding hydrogens is 152 g/mol. The van der Waals surface area contributed by atoms with Crippen LogP contribution >= 0.6 is 0 Å². The van der Waals surface area contributed by atoms with E-state index in [9.17, 15) is 4.79 Å². The fourth-order valence-electron chi connectivity index (χ4n) is 0.474. The van der Waals surface area contributed by atoms with Crippen LogP contribution in [0, 0.1) is 0 Å². The van der Waals surface area contributed by atoms with Crippen molar-refractivity contribution < 1.29 is 14.7 Å². The number of carbonyl (C=O) groups is 1. The molecule has 0 fully saturated rings. The van der Waals surface area contributed by atoms with Gasteiger partial charge in [0.2, 0.25) is 0 Å². The quantitative estimate of drug-likeness (QED) is 0.532. The van der Waals surface area contributed by atoms with Crippen LogP contribution in [-0.2, 0) is 6.61 Å². The second-order valence-corrected chi connectivity index (χ2v) is 1.66. The van der Waals surface area contributed by atoms with E-state index in [1.54, 1.807) is 0 Å². The molecule has 0 aromatic carbocycles. The van der Waals surface area contributed by atoms with Gasteiger partial charge in [0.05, 0.1) is 12.8 Å². The van der Waals surface area contributed by atoms with Crippen LogP contribution in [0.15, 0.2) is 6.20 Å². The van der Waals surface area contributed by atoms with E-state index in [1.165, 1.54) is 6.20 Å². The Morgan fingerprint density at radius 2 is 2.64 bits per heavy atom. The Balaban J connectivity index is 2.65. The minimum atomic E-state index is -1.01. The first kappa shape index (κ1) is 7.48. The van der Waals surface area contributed by atoms with Crippen molar-refractivity contribution in [3.05, 3.63) is 11.9 Å². The standard InChI is InChI=1S/C4H6N4O3/c5-4(10)11-8-6-1-3(2-9)7-8/h1,9H,2H2,(H2,5,10). The summed E-state index contributed by atoms with van der Waals surface area (Å²) in [5, 5.41) is 15.4. The fraction of sp³-hybridized carbons (Fsp3) is 0.250. The topological polar surface area (TPSA) is 103 Å². The third-order valence-electron chi connectivity index (χ3n) is 0.853. The Bertz CT molecular complexity index is 258. The molecule has 0 radical (unpaired) electrons. The molecule has 0 aliphatic heterocycles. The van der Waals surface area contributed by atoms with Crippen LogP contribution in [0.3, 0.4) is 0 Å². The van der Waals surface area contributed by atoms with E-state index in [4.69, 9.17) is 5.11 Å². The van der Waals surface area contributed by atoms with Crippen molar-refractivity contribution in [2.24, 2.45) is 5.73 Å². The minimum Gasteiger partial charge on any atom is -0.390 e. The Labute approximate surface area is 61.3 Å². The average Bonchev–Trinajstić information content (AvgIpc) is 2.34. The molecule has 0 aliphatic rings. The van der Waals surface area contributed by atoms with Crippen molar-refractivity contribution in [2.75, 3.05) is 0 Å². The molecule has 0 saturated carbocycles. The van der Waals surface area contributed by atoms with Gasteiger partial charge in [-0.15, -0.1) is 10.2 Å². The summed E-state index contributed by atoms with van der Waals surface area (Å²) in [5.41, 5.74) is 4.95. The van der Waals surface area contributed by atoms with Crippen LogP contribution in [0.4, 0.5) is 4.79 Å². The molecule has 0 bridgehead atoms. The molecule has 1 heterocycles. The van der Waals surface area contributed by atoms with Gasteiger partial charge in [0.25, 0.3) is 0 Å². The smallest absolute Gasteiger partial charge is 0.390 e. The lowest BCUT2D eigenvalue weighted by Crippen LogP contribution is -2.27. The second-order valence-electron chi connectivity index (χ2n) is 1.66. The zero-order valence-electron chi connectivity index (χ0n) is 5.47. The monoisotopic (exact) mass is 158 g/mol. The Morgan fingerprint density at radius 3 is 3.09 bits per heavy atom. The molecule has 0 spiro atoms. The van der Waals surface area contributed by atoms with Gasteiger partial charge < -0.3 is 10.8 Å². The molecule has 0 saturated heterocycles. The first-order chi connectivity index (χ1) is 5.22. The number of hydrogen-bond acceptors (Lipinski definition) is 5. The highest BCUT2D eigenvalue weighted by molar-refractivity contribution is 5.64. The average molecular weight is 158 g/mol. The van der Waals surface area contributed by atoms with E-state index in [2.05, 4.69) is 20.8 Å². The fourth-order valence-corrected chi connectivity index (χ4v) is 0.474. The SMILES string of the molecule is NC(=O)On1ncc(CO)n1. The highest BCUT2D eigenvalue weighted by Gasteiger charge is 2.01.